The molecule has 0 radical (unpaired) electrons. The molecule has 2 aromatic carbocycles. The van der Waals surface area contributed by atoms with Crippen molar-refractivity contribution in [2.45, 2.75) is 65.5 Å². The van der Waals surface area contributed by atoms with E-state index in [0.29, 0.717) is 6.04 Å². The molecule has 1 aliphatic rings. The molecule has 1 aliphatic heterocycles. The first kappa shape index (κ1) is 21.6. The van der Waals surface area contributed by atoms with Crippen molar-refractivity contribution in [2.24, 2.45) is 5.16 Å². The number of likely N-dealkylation sites (tertiary alicyclic amines) is 1. The first-order valence-corrected chi connectivity index (χ1v) is 11.4. The number of fused-ring (bicyclic) bond motifs is 1. The van der Waals surface area contributed by atoms with Crippen LogP contribution in [0.5, 0.6) is 0 Å². The van der Waals surface area contributed by atoms with Crippen molar-refractivity contribution in [1.82, 2.24) is 4.90 Å². The van der Waals surface area contributed by atoms with Crippen LogP contribution >= 0.6 is 0 Å². The third-order valence-corrected chi connectivity index (χ3v) is 5.97. The van der Waals surface area contributed by atoms with Gasteiger partial charge in [-0.15, -0.1) is 0 Å². The molecule has 0 saturated carbocycles. The Morgan fingerprint density at radius 3 is 2.68 bits per heavy atom. The van der Waals surface area contributed by atoms with Crippen LogP contribution in [0.3, 0.4) is 0 Å². The van der Waals surface area contributed by atoms with E-state index in [2.05, 4.69) is 65.5 Å². The van der Waals surface area contributed by atoms with Crippen LogP contribution in [0.15, 0.2) is 58.1 Å². The van der Waals surface area contributed by atoms with Gasteiger partial charge in [-0.2, -0.15) is 0 Å². The van der Waals surface area contributed by atoms with Crippen LogP contribution in [0.2, 0.25) is 0 Å². The molecule has 4 rings (SSSR count). The zero-order valence-electron chi connectivity index (χ0n) is 19.4. The van der Waals surface area contributed by atoms with Crippen molar-refractivity contribution >= 4 is 16.7 Å². The highest BCUT2D eigenvalue weighted by atomic mass is 16.6. The molecule has 0 N–H and O–H groups in total. The topological polar surface area (TPSA) is 38.0 Å². The predicted octanol–water partition coefficient (Wildman–Crippen LogP) is 6.67. The van der Waals surface area contributed by atoms with Crippen molar-refractivity contribution in [3.63, 3.8) is 0 Å². The minimum Gasteiger partial charge on any atom is -0.461 e. The summed E-state index contributed by atoms with van der Waals surface area (Å²) in [6.45, 7) is 12.6. The lowest BCUT2D eigenvalue weighted by molar-refractivity contribution is 0.000956. The molecule has 0 bridgehead atoms. The van der Waals surface area contributed by atoms with Gasteiger partial charge in [-0.1, -0.05) is 29.4 Å². The molecule has 4 heteroatoms. The second kappa shape index (κ2) is 8.88. The Balaban J connectivity index is 1.52. The van der Waals surface area contributed by atoms with Gasteiger partial charge in [0.1, 0.15) is 16.9 Å². The smallest absolute Gasteiger partial charge is 0.134 e. The normalized spacial score (nSPS) is 18.1. The third-order valence-electron chi connectivity index (χ3n) is 5.97. The number of benzene rings is 2. The average Bonchev–Trinajstić information content (AvgIpc) is 3.34. The van der Waals surface area contributed by atoms with E-state index in [0.717, 1.165) is 41.0 Å². The van der Waals surface area contributed by atoms with Gasteiger partial charge in [-0.25, -0.2) is 0 Å². The van der Waals surface area contributed by atoms with E-state index in [-0.39, 0.29) is 5.60 Å². The standard InChI is InChI=1S/C27H34N2O2/c1-19-8-7-14-29(19)15-13-25-18-24-17-23(11-12-26(24)30-25)22-10-6-9-21(16-22)20(2)28-31-27(3,4)5/h6,9-12,16-19H,7-8,13-15H2,1-5H3/b28-20-/t19-/m1/s1. The van der Waals surface area contributed by atoms with Crippen LogP contribution in [0.25, 0.3) is 22.1 Å². The van der Waals surface area contributed by atoms with E-state index in [4.69, 9.17) is 9.25 Å². The maximum atomic E-state index is 6.12. The summed E-state index contributed by atoms with van der Waals surface area (Å²) in [6.07, 6.45) is 3.60. The molecular weight excluding hydrogens is 384 g/mol. The van der Waals surface area contributed by atoms with E-state index in [9.17, 15) is 0 Å². The minimum atomic E-state index is -0.296. The van der Waals surface area contributed by atoms with Crippen LogP contribution in [0.1, 0.15) is 58.8 Å². The summed E-state index contributed by atoms with van der Waals surface area (Å²) in [7, 11) is 0. The molecule has 164 valence electrons. The predicted molar refractivity (Wildman–Crippen MR) is 129 cm³/mol. The molecule has 1 fully saturated rings. The zero-order chi connectivity index (χ0) is 22.0. The highest BCUT2D eigenvalue weighted by Crippen LogP contribution is 2.28. The Hall–Kier alpha value is -2.59. The molecule has 2 heterocycles. The molecule has 4 nitrogen and oxygen atoms in total. The largest absolute Gasteiger partial charge is 0.461 e. The fourth-order valence-corrected chi connectivity index (χ4v) is 4.16. The van der Waals surface area contributed by atoms with Gasteiger partial charge in [0, 0.05) is 24.4 Å². The number of hydrogen-bond acceptors (Lipinski definition) is 4. The Bertz CT molecular complexity index is 1070. The van der Waals surface area contributed by atoms with E-state index in [1.807, 2.05) is 27.7 Å². The third kappa shape index (κ3) is 5.37. The Morgan fingerprint density at radius 1 is 1.13 bits per heavy atom. The van der Waals surface area contributed by atoms with Gasteiger partial charge in [0.05, 0.1) is 5.71 Å². The molecule has 0 spiro atoms. The van der Waals surface area contributed by atoms with Gasteiger partial charge in [0.2, 0.25) is 0 Å². The summed E-state index contributed by atoms with van der Waals surface area (Å²) in [4.78, 5) is 8.16. The summed E-state index contributed by atoms with van der Waals surface area (Å²) in [5.41, 5.74) is 4.95. The van der Waals surface area contributed by atoms with E-state index in [1.54, 1.807) is 0 Å². The highest BCUT2D eigenvalue weighted by Gasteiger charge is 2.20. The van der Waals surface area contributed by atoms with Crippen LogP contribution < -0.4 is 0 Å². The summed E-state index contributed by atoms with van der Waals surface area (Å²) < 4.78 is 6.12. The average molecular weight is 419 g/mol. The second-order valence-corrected chi connectivity index (χ2v) is 9.70. The molecule has 31 heavy (non-hydrogen) atoms. The monoisotopic (exact) mass is 418 g/mol. The molecular formula is C27H34N2O2. The number of hydrogen-bond donors (Lipinski definition) is 0. The van der Waals surface area contributed by atoms with Crippen molar-refractivity contribution < 1.29 is 9.25 Å². The maximum Gasteiger partial charge on any atom is 0.134 e. The summed E-state index contributed by atoms with van der Waals surface area (Å²) in [5, 5.41) is 5.47. The van der Waals surface area contributed by atoms with Gasteiger partial charge in [-0.3, -0.25) is 0 Å². The number of furan rings is 1. The molecule has 0 unspecified atom stereocenters. The summed E-state index contributed by atoms with van der Waals surface area (Å²) in [5.74, 6) is 1.07. The first-order chi connectivity index (χ1) is 14.8. The number of rotatable bonds is 6. The lowest BCUT2D eigenvalue weighted by atomic mass is 10.0. The molecule has 1 atom stereocenters. The SMILES string of the molecule is C/C(=N/OC(C)(C)C)c1cccc(-c2ccc3oc(CCN4CCC[C@H]4C)cc3c2)c1. The first-order valence-electron chi connectivity index (χ1n) is 11.4. The fraction of sp³-hybridized carbons (Fsp3) is 0.444. The lowest BCUT2D eigenvalue weighted by Gasteiger charge is -2.19. The van der Waals surface area contributed by atoms with Gasteiger partial charge in [0.25, 0.3) is 0 Å². The number of oxime groups is 1. The van der Waals surface area contributed by atoms with Crippen molar-refractivity contribution in [3.8, 4) is 11.1 Å². The quantitative estimate of drug-likeness (QED) is 0.332. The zero-order valence-corrected chi connectivity index (χ0v) is 19.4. The van der Waals surface area contributed by atoms with Gasteiger partial charge >= 0.3 is 0 Å². The molecule has 0 aliphatic carbocycles. The van der Waals surface area contributed by atoms with Gasteiger partial charge in [0.15, 0.2) is 0 Å². The highest BCUT2D eigenvalue weighted by molar-refractivity contribution is 5.99. The maximum absolute atomic E-state index is 6.12. The lowest BCUT2D eigenvalue weighted by Crippen LogP contribution is -2.28. The van der Waals surface area contributed by atoms with Gasteiger partial charge < -0.3 is 14.2 Å². The Morgan fingerprint density at radius 2 is 1.94 bits per heavy atom. The van der Waals surface area contributed by atoms with E-state index >= 15 is 0 Å². The molecule has 0 amide bonds. The summed E-state index contributed by atoms with van der Waals surface area (Å²) >= 11 is 0. The second-order valence-electron chi connectivity index (χ2n) is 9.70. The van der Waals surface area contributed by atoms with E-state index < -0.39 is 0 Å². The van der Waals surface area contributed by atoms with Crippen LogP contribution in [0.4, 0.5) is 0 Å². The molecule has 3 aromatic rings. The fourth-order valence-electron chi connectivity index (χ4n) is 4.16. The summed E-state index contributed by atoms with van der Waals surface area (Å²) in [6, 6.07) is 17.8. The van der Waals surface area contributed by atoms with Crippen LogP contribution in [-0.2, 0) is 11.3 Å². The molecule has 1 saturated heterocycles. The van der Waals surface area contributed by atoms with Crippen molar-refractivity contribution in [1.29, 1.82) is 0 Å². The van der Waals surface area contributed by atoms with Crippen LogP contribution in [0, 0.1) is 0 Å². The van der Waals surface area contributed by atoms with Crippen molar-refractivity contribution in [3.05, 3.63) is 59.9 Å². The Labute approximate surface area is 185 Å². The molecule has 1 aromatic heterocycles. The Kier molecular flexibility index (Phi) is 6.19. The van der Waals surface area contributed by atoms with Gasteiger partial charge in [-0.05, 0) is 95.0 Å². The number of nitrogens with zero attached hydrogens (tertiary/aromatic N) is 2. The van der Waals surface area contributed by atoms with E-state index in [1.165, 1.54) is 30.5 Å². The van der Waals surface area contributed by atoms with Crippen molar-refractivity contribution in [2.75, 3.05) is 13.1 Å². The minimum absolute atomic E-state index is 0.296. The van der Waals surface area contributed by atoms with Crippen LogP contribution in [-0.4, -0.2) is 35.3 Å².